The van der Waals surface area contributed by atoms with Crippen molar-refractivity contribution < 1.29 is 0 Å². The van der Waals surface area contributed by atoms with Gasteiger partial charge in [0.2, 0.25) is 0 Å². The fraction of sp³-hybridized carbons (Fsp3) is 0.333. The Balaban J connectivity index is 2.43. The van der Waals surface area contributed by atoms with Crippen LogP contribution in [0.25, 0.3) is 10.6 Å². The van der Waals surface area contributed by atoms with Gasteiger partial charge in [0.15, 0.2) is 0 Å². The van der Waals surface area contributed by atoms with Crippen LogP contribution in [-0.2, 0) is 0 Å². The number of aromatic nitrogens is 3. The van der Waals surface area contributed by atoms with Gasteiger partial charge in [-0.25, -0.2) is 4.98 Å². The smallest absolute Gasteiger partial charge is 0.127 e. The second-order valence-electron chi connectivity index (χ2n) is 3.24. The van der Waals surface area contributed by atoms with Crippen LogP contribution in [0.2, 0.25) is 0 Å². The van der Waals surface area contributed by atoms with E-state index in [2.05, 4.69) is 15.2 Å². The summed E-state index contributed by atoms with van der Waals surface area (Å²) in [6.07, 6.45) is 3.60. The SMILES string of the molecule is Cc1sc(-c2cn[nH]c2)nc1C(C)N. The Morgan fingerprint density at radius 3 is 2.86 bits per heavy atom. The highest BCUT2D eigenvalue weighted by Gasteiger charge is 2.12. The van der Waals surface area contributed by atoms with E-state index < -0.39 is 0 Å². The van der Waals surface area contributed by atoms with Crippen molar-refractivity contribution in [2.75, 3.05) is 0 Å². The topological polar surface area (TPSA) is 67.6 Å². The van der Waals surface area contributed by atoms with E-state index in [9.17, 15) is 0 Å². The average molecular weight is 208 g/mol. The lowest BCUT2D eigenvalue weighted by Crippen LogP contribution is -2.06. The molecule has 14 heavy (non-hydrogen) atoms. The number of rotatable bonds is 2. The maximum atomic E-state index is 5.80. The van der Waals surface area contributed by atoms with Crippen molar-refractivity contribution in [1.82, 2.24) is 15.2 Å². The van der Waals surface area contributed by atoms with Gasteiger partial charge in [0.05, 0.1) is 11.9 Å². The number of aryl methyl sites for hydroxylation is 1. The Hall–Kier alpha value is -1.20. The lowest BCUT2D eigenvalue weighted by Gasteiger charge is -1.99. The van der Waals surface area contributed by atoms with Crippen molar-refractivity contribution in [3.8, 4) is 10.6 Å². The summed E-state index contributed by atoms with van der Waals surface area (Å²) in [5, 5.41) is 7.64. The van der Waals surface area contributed by atoms with Crippen LogP contribution in [0.5, 0.6) is 0 Å². The molecule has 0 fully saturated rings. The van der Waals surface area contributed by atoms with Crippen molar-refractivity contribution in [2.45, 2.75) is 19.9 Å². The molecule has 0 aliphatic rings. The predicted molar refractivity (Wildman–Crippen MR) is 57.0 cm³/mol. The molecule has 2 rings (SSSR count). The molecule has 0 amide bonds. The van der Waals surface area contributed by atoms with Crippen LogP contribution in [0.3, 0.4) is 0 Å². The van der Waals surface area contributed by atoms with E-state index in [-0.39, 0.29) is 6.04 Å². The number of hydrogen-bond donors (Lipinski definition) is 2. The van der Waals surface area contributed by atoms with Gasteiger partial charge in [-0.3, -0.25) is 5.10 Å². The molecule has 2 heterocycles. The summed E-state index contributed by atoms with van der Waals surface area (Å²) < 4.78 is 0. The van der Waals surface area contributed by atoms with Gasteiger partial charge in [-0.05, 0) is 13.8 Å². The Kier molecular flexibility index (Phi) is 2.35. The molecule has 0 saturated carbocycles. The highest BCUT2D eigenvalue weighted by Crippen LogP contribution is 2.28. The molecule has 0 aliphatic heterocycles. The Bertz CT molecular complexity index is 416. The molecule has 3 N–H and O–H groups in total. The van der Waals surface area contributed by atoms with E-state index in [1.165, 1.54) is 4.88 Å². The summed E-state index contributed by atoms with van der Waals surface area (Å²) in [6, 6.07) is -0.00750. The minimum atomic E-state index is -0.00750. The van der Waals surface area contributed by atoms with Crippen molar-refractivity contribution in [1.29, 1.82) is 0 Å². The van der Waals surface area contributed by atoms with Crippen molar-refractivity contribution in [3.63, 3.8) is 0 Å². The number of hydrogen-bond acceptors (Lipinski definition) is 4. The van der Waals surface area contributed by atoms with Crippen LogP contribution in [0.1, 0.15) is 23.5 Å². The van der Waals surface area contributed by atoms with Gasteiger partial charge in [0, 0.05) is 22.7 Å². The molecule has 1 atom stereocenters. The highest BCUT2D eigenvalue weighted by molar-refractivity contribution is 7.15. The van der Waals surface area contributed by atoms with Gasteiger partial charge in [-0.2, -0.15) is 5.10 Å². The maximum absolute atomic E-state index is 5.80. The van der Waals surface area contributed by atoms with Gasteiger partial charge >= 0.3 is 0 Å². The number of aromatic amines is 1. The Labute approximate surface area is 86.2 Å². The van der Waals surface area contributed by atoms with Gasteiger partial charge in [0.25, 0.3) is 0 Å². The van der Waals surface area contributed by atoms with E-state index in [1.807, 2.05) is 20.0 Å². The van der Waals surface area contributed by atoms with Gasteiger partial charge < -0.3 is 5.73 Å². The van der Waals surface area contributed by atoms with Crippen LogP contribution >= 0.6 is 11.3 Å². The third kappa shape index (κ3) is 1.56. The summed E-state index contributed by atoms with van der Waals surface area (Å²) >= 11 is 1.65. The second-order valence-corrected chi connectivity index (χ2v) is 4.44. The second kappa shape index (κ2) is 3.51. The van der Waals surface area contributed by atoms with Crippen LogP contribution in [0.15, 0.2) is 12.4 Å². The molecule has 74 valence electrons. The predicted octanol–water partition coefficient (Wildman–Crippen LogP) is 1.86. The van der Waals surface area contributed by atoms with E-state index in [4.69, 9.17) is 5.73 Å². The number of H-pyrrole nitrogens is 1. The van der Waals surface area contributed by atoms with Crippen LogP contribution in [-0.4, -0.2) is 15.2 Å². The normalized spacial score (nSPS) is 13.1. The minimum Gasteiger partial charge on any atom is -0.323 e. The number of nitrogens with two attached hydrogens (primary N) is 1. The summed E-state index contributed by atoms with van der Waals surface area (Å²) in [4.78, 5) is 5.66. The van der Waals surface area contributed by atoms with Gasteiger partial charge in [-0.15, -0.1) is 11.3 Å². The van der Waals surface area contributed by atoms with Crippen molar-refractivity contribution >= 4 is 11.3 Å². The van der Waals surface area contributed by atoms with E-state index >= 15 is 0 Å². The Morgan fingerprint density at radius 2 is 2.36 bits per heavy atom. The Morgan fingerprint density at radius 1 is 1.57 bits per heavy atom. The van der Waals surface area contributed by atoms with Gasteiger partial charge in [-0.1, -0.05) is 0 Å². The summed E-state index contributed by atoms with van der Waals surface area (Å²) in [7, 11) is 0. The highest BCUT2D eigenvalue weighted by atomic mass is 32.1. The van der Waals surface area contributed by atoms with Crippen LogP contribution < -0.4 is 5.73 Å². The minimum absolute atomic E-state index is 0.00750. The molecule has 4 nitrogen and oxygen atoms in total. The van der Waals surface area contributed by atoms with Crippen LogP contribution in [0, 0.1) is 6.92 Å². The molecular formula is C9H12N4S. The summed E-state index contributed by atoms with van der Waals surface area (Å²) in [5.74, 6) is 0. The molecule has 0 spiro atoms. The van der Waals surface area contributed by atoms with E-state index in [0.29, 0.717) is 0 Å². The quantitative estimate of drug-likeness (QED) is 0.791. The third-order valence-electron chi connectivity index (χ3n) is 2.01. The largest absolute Gasteiger partial charge is 0.323 e. The first-order valence-electron chi connectivity index (χ1n) is 4.40. The van der Waals surface area contributed by atoms with Gasteiger partial charge in [0.1, 0.15) is 5.01 Å². The molecular weight excluding hydrogens is 196 g/mol. The van der Waals surface area contributed by atoms with E-state index in [1.54, 1.807) is 17.5 Å². The number of thiazole rings is 1. The third-order valence-corrected chi connectivity index (χ3v) is 3.04. The fourth-order valence-electron chi connectivity index (χ4n) is 1.32. The first-order chi connectivity index (χ1) is 6.68. The molecule has 0 radical (unpaired) electrons. The van der Waals surface area contributed by atoms with Crippen LogP contribution in [0.4, 0.5) is 0 Å². The molecule has 0 saturated heterocycles. The monoisotopic (exact) mass is 208 g/mol. The van der Waals surface area contributed by atoms with Crippen molar-refractivity contribution in [2.24, 2.45) is 5.73 Å². The lowest BCUT2D eigenvalue weighted by atomic mass is 10.2. The maximum Gasteiger partial charge on any atom is 0.127 e. The molecule has 2 aromatic rings. The first kappa shape index (κ1) is 9.36. The van der Waals surface area contributed by atoms with E-state index in [0.717, 1.165) is 16.3 Å². The standard InChI is InChI=1S/C9H12N4S/c1-5(10)8-6(2)14-9(13-8)7-3-11-12-4-7/h3-5H,10H2,1-2H3,(H,11,12). The first-order valence-corrected chi connectivity index (χ1v) is 5.22. The molecule has 5 heteroatoms. The lowest BCUT2D eigenvalue weighted by molar-refractivity contribution is 0.783. The molecule has 0 aliphatic carbocycles. The number of nitrogens with one attached hydrogen (secondary N) is 1. The number of nitrogens with zero attached hydrogens (tertiary/aromatic N) is 2. The summed E-state index contributed by atoms with van der Waals surface area (Å²) in [6.45, 7) is 3.99. The molecule has 2 aromatic heterocycles. The molecule has 0 aromatic carbocycles. The zero-order valence-corrected chi connectivity index (χ0v) is 8.93. The summed E-state index contributed by atoms with van der Waals surface area (Å²) in [5.41, 5.74) is 7.80. The zero-order chi connectivity index (χ0) is 10.1. The fourth-order valence-corrected chi connectivity index (χ4v) is 2.32. The zero-order valence-electron chi connectivity index (χ0n) is 8.11. The average Bonchev–Trinajstić information content (AvgIpc) is 2.70. The molecule has 0 bridgehead atoms. The molecule has 1 unspecified atom stereocenters. The van der Waals surface area contributed by atoms with Crippen molar-refractivity contribution in [3.05, 3.63) is 23.0 Å².